The molecule has 0 amide bonds. The standard InChI is InChI=1S/C6H7Cl2N3OS/c1-3(2-12)13-5-4(7)10-11-6(8)9-5/h3,12H,2H2,1H3. The lowest BCUT2D eigenvalue weighted by Crippen LogP contribution is -2.03. The van der Waals surface area contributed by atoms with Crippen molar-refractivity contribution < 1.29 is 5.11 Å². The summed E-state index contributed by atoms with van der Waals surface area (Å²) in [6, 6.07) is 0. The lowest BCUT2D eigenvalue weighted by Gasteiger charge is -2.06. The molecule has 0 aliphatic rings. The summed E-state index contributed by atoms with van der Waals surface area (Å²) >= 11 is 12.5. The fourth-order valence-corrected chi connectivity index (χ4v) is 1.70. The summed E-state index contributed by atoms with van der Waals surface area (Å²) in [6.45, 7) is 1.89. The molecule has 0 saturated carbocycles. The zero-order valence-electron chi connectivity index (χ0n) is 6.74. The number of hydrogen-bond donors (Lipinski definition) is 1. The van der Waals surface area contributed by atoms with Gasteiger partial charge in [0.1, 0.15) is 5.03 Å². The molecule has 0 bridgehead atoms. The SMILES string of the molecule is CC(CO)Sc1nc(Cl)nnc1Cl. The highest BCUT2D eigenvalue weighted by Gasteiger charge is 2.10. The molecule has 0 aliphatic heterocycles. The van der Waals surface area contributed by atoms with E-state index in [4.69, 9.17) is 28.3 Å². The fraction of sp³-hybridized carbons (Fsp3) is 0.500. The predicted molar refractivity (Wildman–Crippen MR) is 52.3 cm³/mol. The van der Waals surface area contributed by atoms with Gasteiger partial charge in [-0.05, 0) is 11.6 Å². The summed E-state index contributed by atoms with van der Waals surface area (Å²) in [5, 5.41) is 16.6. The van der Waals surface area contributed by atoms with Gasteiger partial charge in [0.15, 0.2) is 5.15 Å². The molecule has 1 atom stereocenters. The summed E-state index contributed by atoms with van der Waals surface area (Å²) in [5.74, 6) is 0. The van der Waals surface area contributed by atoms with E-state index >= 15 is 0 Å². The number of aliphatic hydroxyl groups is 1. The molecule has 0 fully saturated rings. The number of aromatic nitrogens is 3. The molecule has 13 heavy (non-hydrogen) atoms. The second-order valence-electron chi connectivity index (χ2n) is 2.29. The lowest BCUT2D eigenvalue weighted by atomic mass is 10.5. The molecule has 1 aromatic rings. The molecular weight excluding hydrogens is 233 g/mol. The predicted octanol–water partition coefficient (Wildman–Crippen LogP) is 1.65. The minimum absolute atomic E-state index is 0.00488. The summed E-state index contributed by atoms with van der Waals surface area (Å²) in [6.07, 6.45) is 0. The van der Waals surface area contributed by atoms with Gasteiger partial charge in [-0.1, -0.05) is 30.3 Å². The van der Waals surface area contributed by atoms with E-state index in [0.717, 1.165) is 0 Å². The van der Waals surface area contributed by atoms with Gasteiger partial charge >= 0.3 is 0 Å². The zero-order chi connectivity index (χ0) is 9.84. The van der Waals surface area contributed by atoms with Crippen molar-refractivity contribution in [3.8, 4) is 0 Å². The van der Waals surface area contributed by atoms with Crippen molar-refractivity contribution in [2.24, 2.45) is 0 Å². The van der Waals surface area contributed by atoms with Crippen molar-refractivity contribution in [2.45, 2.75) is 17.2 Å². The third kappa shape index (κ3) is 3.27. The van der Waals surface area contributed by atoms with E-state index in [1.807, 2.05) is 6.92 Å². The van der Waals surface area contributed by atoms with Crippen LogP contribution in [0.4, 0.5) is 0 Å². The number of nitrogens with zero attached hydrogens (tertiary/aromatic N) is 3. The van der Waals surface area contributed by atoms with Crippen LogP contribution in [-0.4, -0.2) is 32.1 Å². The Bertz CT molecular complexity index is 299. The van der Waals surface area contributed by atoms with Gasteiger partial charge < -0.3 is 5.11 Å². The molecule has 0 spiro atoms. The first kappa shape index (κ1) is 11.0. The van der Waals surface area contributed by atoms with Gasteiger partial charge in [-0.15, -0.1) is 10.2 Å². The van der Waals surface area contributed by atoms with Crippen molar-refractivity contribution in [3.05, 3.63) is 10.4 Å². The largest absolute Gasteiger partial charge is 0.395 e. The Morgan fingerprint density at radius 2 is 2.15 bits per heavy atom. The minimum atomic E-state index is 0.00488. The number of thioether (sulfide) groups is 1. The molecule has 0 aromatic carbocycles. The Morgan fingerprint density at radius 1 is 1.46 bits per heavy atom. The molecule has 0 saturated heterocycles. The van der Waals surface area contributed by atoms with E-state index in [-0.39, 0.29) is 22.3 Å². The van der Waals surface area contributed by atoms with Gasteiger partial charge in [0.2, 0.25) is 5.28 Å². The van der Waals surface area contributed by atoms with E-state index < -0.39 is 0 Å². The summed E-state index contributed by atoms with van der Waals surface area (Å²) in [7, 11) is 0. The van der Waals surface area contributed by atoms with Crippen LogP contribution in [0, 0.1) is 0 Å². The third-order valence-electron chi connectivity index (χ3n) is 1.16. The highest BCUT2D eigenvalue weighted by atomic mass is 35.5. The Balaban J connectivity index is 2.81. The molecule has 1 rings (SSSR count). The van der Waals surface area contributed by atoms with Crippen LogP contribution >= 0.6 is 35.0 Å². The smallest absolute Gasteiger partial charge is 0.244 e. The van der Waals surface area contributed by atoms with Gasteiger partial charge in [-0.3, -0.25) is 0 Å². The second-order valence-corrected chi connectivity index (χ2v) is 4.41. The molecule has 1 heterocycles. The summed E-state index contributed by atoms with van der Waals surface area (Å²) in [4.78, 5) is 3.87. The van der Waals surface area contributed by atoms with Gasteiger partial charge in [-0.2, -0.15) is 0 Å². The van der Waals surface area contributed by atoms with Crippen molar-refractivity contribution in [1.82, 2.24) is 15.2 Å². The van der Waals surface area contributed by atoms with Crippen molar-refractivity contribution in [2.75, 3.05) is 6.61 Å². The summed E-state index contributed by atoms with van der Waals surface area (Å²) < 4.78 is 0. The van der Waals surface area contributed by atoms with E-state index in [1.54, 1.807) is 0 Å². The number of rotatable bonds is 3. The first-order valence-corrected chi connectivity index (χ1v) is 5.10. The van der Waals surface area contributed by atoms with E-state index in [1.165, 1.54) is 11.8 Å². The Morgan fingerprint density at radius 3 is 2.77 bits per heavy atom. The maximum atomic E-state index is 8.80. The molecule has 1 N–H and O–H groups in total. The first-order chi connectivity index (χ1) is 6.13. The summed E-state index contributed by atoms with van der Waals surface area (Å²) in [5.41, 5.74) is 0. The number of hydrogen-bond acceptors (Lipinski definition) is 5. The lowest BCUT2D eigenvalue weighted by molar-refractivity contribution is 0.300. The Kier molecular flexibility index (Phi) is 4.18. The van der Waals surface area contributed by atoms with Crippen molar-refractivity contribution >= 4 is 35.0 Å². The highest BCUT2D eigenvalue weighted by molar-refractivity contribution is 8.00. The minimum Gasteiger partial charge on any atom is -0.395 e. The quantitative estimate of drug-likeness (QED) is 0.814. The Labute approximate surface area is 89.7 Å². The molecule has 4 nitrogen and oxygen atoms in total. The van der Waals surface area contributed by atoms with E-state index in [0.29, 0.717) is 5.03 Å². The van der Waals surface area contributed by atoms with Crippen LogP contribution in [0.15, 0.2) is 5.03 Å². The molecule has 7 heteroatoms. The third-order valence-corrected chi connectivity index (χ3v) is 2.75. The Hall–Kier alpha value is -0.100. The number of halogens is 2. The molecule has 1 aromatic heterocycles. The van der Waals surface area contributed by atoms with Gasteiger partial charge in [0.25, 0.3) is 0 Å². The number of aliphatic hydroxyl groups excluding tert-OH is 1. The van der Waals surface area contributed by atoms with Crippen LogP contribution < -0.4 is 0 Å². The maximum absolute atomic E-state index is 8.80. The van der Waals surface area contributed by atoms with E-state index in [9.17, 15) is 0 Å². The highest BCUT2D eigenvalue weighted by Crippen LogP contribution is 2.26. The second kappa shape index (κ2) is 4.95. The fourth-order valence-electron chi connectivity index (χ4n) is 0.583. The molecule has 0 radical (unpaired) electrons. The van der Waals surface area contributed by atoms with Gasteiger partial charge in [0.05, 0.1) is 6.61 Å². The van der Waals surface area contributed by atoms with E-state index in [2.05, 4.69) is 15.2 Å². The normalized spacial score (nSPS) is 12.9. The van der Waals surface area contributed by atoms with Crippen molar-refractivity contribution in [1.29, 1.82) is 0 Å². The van der Waals surface area contributed by atoms with Crippen LogP contribution in [0.25, 0.3) is 0 Å². The van der Waals surface area contributed by atoms with Crippen LogP contribution in [-0.2, 0) is 0 Å². The maximum Gasteiger partial charge on any atom is 0.244 e. The van der Waals surface area contributed by atoms with Crippen LogP contribution in [0.3, 0.4) is 0 Å². The average molecular weight is 240 g/mol. The zero-order valence-corrected chi connectivity index (χ0v) is 9.07. The van der Waals surface area contributed by atoms with Crippen LogP contribution in [0.1, 0.15) is 6.92 Å². The molecule has 0 aliphatic carbocycles. The average Bonchev–Trinajstić information content (AvgIpc) is 2.11. The molecule has 72 valence electrons. The topological polar surface area (TPSA) is 58.9 Å². The van der Waals surface area contributed by atoms with Crippen LogP contribution in [0.2, 0.25) is 10.4 Å². The first-order valence-electron chi connectivity index (χ1n) is 3.46. The monoisotopic (exact) mass is 239 g/mol. The van der Waals surface area contributed by atoms with Gasteiger partial charge in [-0.25, -0.2) is 4.98 Å². The molecular formula is C6H7Cl2N3OS. The van der Waals surface area contributed by atoms with Crippen molar-refractivity contribution in [3.63, 3.8) is 0 Å². The van der Waals surface area contributed by atoms with Gasteiger partial charge in [0, 0.05) is 5.25 Å². The van der Waals surface area contributed by atoms with Crippen LogP contribution in [0.5, 0.6) is 0 Å². The molecule has 1 unspecified atom stereocenters.